The van der Waals surface area contributed by atoms with E-state index in [2.05, 4.69) is 15.6 Å². The molecular weight excluding hydrogens is 357 g/mol. The van der Waals surface area contributed by atoms with Crippen molar-refractivity contribution < 1.29 is 4.79 Å². The Hall–Kier alpha value is -1.33. The van der Waals surface area contributed by atoms with Crippen molar-refractivity contribution in [3.63, 3.8) is 0 Å². The number of halogens is 3. The Morgan fingerprint density at radius 1 is 1.17 bits per heavy atom. The zero-order valence-electron chi connectivity index (χ0n) is 12.3. The van der Waals surface area contributed by atoms with E-state index in [1.54, 1.807) is 12.4 Å². The van der Waals surface area contributed by atoms with Crippen LogP contribution in [0.15, 0.2) is 42.7 Å². The van der Waals surface area contributed by atoms with E-state index < -0.39 is 0 Å². The number of carbonyl (C=O) groups is 1. The van der Waals surface area contributed by atoms with E-state index in [1.807, 2.05) is 30.3 Å². The van der Waals surface area contributed by atoms with E-state index in [1.165, 1.54) is 0 Å². The predicted octanol–water partition coefficient (Wildman–Crippen LogP) is 3.19. The monoisotopic (exact) mass is 373 g/mol. The summed E-state index contributed by atoms with van der Waals surface area (Å²) in [5, 5.41) is 6.82. The molecule has 0 radical (unpaired) electrons. The van der Waals surface area contributed by atoms with Crippen molar-refractivity contribution in [1.29, 1.82) is 0 Å². The van der Waals surface area contributed by atoms with E-state index in [9.17, 15) is 4.79 Å². The first-order valence-electron chi connectivity index (χ1n) is 6.92. The molecule has 1 aliphatic heterocycles. The summed E-state index contributed by atoms with van der Waals surface area (Å²) >= 11 is 5.89. The molecule has 2 N–H and O–H groups in total. The molecule has 0 saturated carbocycles. The summed E-state index contributed by atoms with van der Waals surface area (Å²) in [7, 11) is 0. The largest absolute Gasteiger partial charge is 0.352 e. The Kier molecular flexibility index (Phi) is 7.79. The Morgan fingerprint density at radius 2 is 1.87 bits per heavy atom. The van der Waals surface area contributed by atoms with E-state index in [0.717, 1.165) is 24.2 Å². The second kappa shape index (κ2) is 9.08. The molecule has 1 saturated heterocycles. The lowest BCUT2D eigenvalue weighted by molar-refractivity contribution is 0.0942. The lowest BCUT2D eigenvalue weighted by atomic mass is 10.0. The number of nitrogens with zero attached hydrogens (tertiary/aromatic N) is 1. The normalized spacial score (nSPS) is 13.3. The van der Waals surface area contributed by atoms with Crippen LogP contribution in [0.2, 0.25) is 5.02 Å². The second-order valence-electron chi connectivity index (χ2n) is 5.20. The van der Waals surface area contributed by atoms with Gasteiger partial charge in [-0.05, 0) is 23.8 Å². The molecule has 1 aromatic heterocycles. The molecule has 0 unspecified atom stereocenters. The highest BCUT2D eigenvalue weighted by molar-refractivity contribution is 6.30. The van der Waals surface area contributed by atoms with E-state index in [0.29, 0.717) is 23.0 Å². The molecular formula is C16H18Cl3N3O. The third kappa shape index (κ3) is 5.08. The van der Waals surface area contributed by atoms with Crippen molar-refractivity contribution in [3.05, 3.63) is 53.3 Å². The minimum absolute atomic E-state index is 0. The Bertz CT molecular complexity index is 645. The minimum atomic E-state index is -0.0785. The van der Waals surface area contributed by atoms with Crippen molar-refractivity contribution in [2.75, 3.05) is 19.6 Å². The number of rotatable bonds is 4. The first kappa shape index (κ1) is 19.7. The highest BCUT2D eigenvalue weighted by atomic mass is 35.5. The zero-order chi connectivity index (χ0) is 14.7. The van der Waals surface area contributed by atoms with Gasteiger partial charge in [-0.15, -0.1) is 24.8 Å². The number of hydrogen-bond donors (Lipinski definition) is 2. The van der Waals surface area contributed by atoms with Crippen LogP contribution in [0.4, 0.5) is 0 Å². The van der Waals surface area contributed by atoms with E-state index in [-0.39, 0.29) is 30.7 Å². The van der Waals surface area contributed by atoms with Crippen molar-refractivity contribution >= 4 is 42.3 Å². The van der Waals surface area contributed by atoms with Crippen LogP contribution in [0.25, 0.3) is 11.1 Å². The smallest absolute Gasteiger partial charge is 0.252 e. The van der Waals surface area contributed by atoms with Gasteiger partial charge in [-0.1, -0.05) is 23.7 Å². The number of benzene rings is 1. The minimum Gasteiger partial charge on any atom is -0.352 e. The molecule has 0 aliphatic carbocycles. The maximum Gasteiger partial charge on any atom is 0.252 e. The number of nitrogens with one attached hydrogen (secondary N) is 2. The number of amides is 1. The maximum absolute atomic E-state index is 12.1. The summed E-state index contributed by atoms with van der Waals surface area (Å²) < 4.78 is 0. The summed E-state index contributed by atoms with van der Waals surface area (Å²) in [6, 6.07) is 9.34. The van der Waals surface area contributed by atoms with Crippen LogP contribution in [0, 0.1) is 5.92 Å². The summed E-state index contributed by atoms with van der Waals surface area (Å²) in [6.45, 7) is 2.66. The third-order valence-electron chi connectivity index (χ3n) is 3.60. The van der Waals surface area contributed by atoms with Gasteiger partial charge in [0.05, 0.1) is 5.56 Å². The second-order valence-corrected chi connectivity index (χ2v) is 5.64. The molecule has 2 heterocycles. The molecule has 124 valence electrons. The van der Waals surface area contributed by atoms with Gasteiger partial charge in [-0.2, -0.15) is 0 Å². The molecule has 1 aromatic carbocycles. The van der Waals surface area contributed by atoms with Gasteiger partial charge in [-0.3, -0.25) is 9.78 Å². The summed E-state index contributed by atoms with van der Waals surface area (Å²) in [6.07, 6.45) is 3.34. The van der Waals surface area contributed by atoms with Gasteiger partial charge in [0, 0.05) is 48.5 Å². The molecule has 0 spiro atoms. The molecule has 4 nitrogen and oxygen atoms in total. The van der Waals surface area contributed by atoms with Gasteiger partial charge in [0.1, 0.15) is 0 Å². The molecule has 23 heavy (non-hydrogen) atoms. The van der Waals surface area contributed by atoms with Crippen molar-refractivity contribution in [1.82, 2.24) is 15.6 Å². The number of hydrogen-bond acceptors (Lipinski definition) is 3. The molecule has 1 amide bonds. The third-order valence-corrected chi connectivity index (χ3v) is 3.85. The van der Waals surface area contributed by atoms with Crippen LogP contribution in [-0.2, 0) is 0 Å². The lowest BCUT2D eigenvalue weighted by Gasteiger charge is -2.27. The van der Waals surface area contributed by atoms with E-state index in [4.69, 9.17) is 11.6 Å². The Balaban J connectivity index is 0.00000132. The molecule has 3 rings (SSSR count). The summed E-state index contributed by atoms with van der Waals surface area (Å²) in [4.78, 5) is 16.3. The van der Waals surface area contributed by atoms with Gasteiger partial charge in [0.2, 0.25) is 0 Å². The van der Waals surface area contributed by atoms with Crippen LogP contribution < -0.4 is 10.6 Å². The lowest BCUT2D eigenvalue weighted by Crippen LogP contribution is -2.48. The van der Waals surface area contributed by atoms with Gasteiger partial charge in [0.25, 0.3) is 5.91 Å². The molecule has 0 atom stereocenters. The molecule has 2 aromatic rings. The van der Waals surface area contributed by atoms with E-state index >= 15 is 0 Å². The van der Waals surface area contributed by atoms with Crippen molar-refractivity contribution in [2.45, 2.75) is 0 Å². The van der Waals surface area contributed by atoms with Gasteiger partial charge in [0.15, 0.2) is 0 Å². The van der Waals surface area contributed by atoms with Crippen LogP contribution in [0.3, 0.4) is 0 Å². The summed E-state index contributed by atoms with van der Waals surface area (Å²) in [5.41, 5.74) is 2.48. The van der Waals surface area contributed by atoms with Crippen molar-refractivity contribution in [3.8, 4) is 11.1 Å². The molecule has 1 aliphatic rings. The molecule has 1 fully saturated rings. The Morgan fingerprint density at radius 3 is 2.48 bits per heavy atom. The average molecular weight is 375 g/mol. The van der Waals surface area contributed by atoms with Crippen LogP contribution in [0.1, 0.15) is 10.4 Å². The fourth-order valence-electron chi connectivity index (χ4n) is 2.20. The first-order valence-corrected chi connectivity index (χ1v) is 7.30. The van der Waals surface area contributed by atoms with Gasteiger partial charge in [-0.25, -0.2) is 0 Å². The first-order chi connectivity index (χ1) is 10.2. The fraction of sp³-hybridized carbons (Fsp3) is 0.250. The van der Waals surface area contributed by atoms with Crippen LogP contribution in [-0.4, -0.2) is 30.5 Å². The Labute approximate surface area is 152 Å². The standard InChI is InChI=1S/C16H16ClN3O.2ClH/c17-15-3-1-12(2-4-15)13-5-14(10-19-9-13)16(21)20-8-11-6-18-7-11;;/h1-5,9-11,18H,6-8H2,(H,20,21);2*1H. The van der Waals surface area contributed by atoms with Crippen LogP contribution in [0.5, 0.6) is 0 Å². The summed E-state index contributed by atoms with van der Waals surface area (Å²) in [5.74, 6) is 0.464. The average Bonchev–Trinajstić information content (AvgIpc) is 2.46. The number of pyridine rings is 1. The number of carbonyl (C=O) groups excluding carboxylic acids is 1. The van der Waals surface area contributed by atoms with Gasteiger partial charge >= 0.3 is 0 Å². The number of aromatic nitrogens is 1. The molecule has 7 heteroatoms. The fourth-order valence-corrected chi connectivity index (χ4v) is 2.32. The van der Waals surface area contributed by atoms with Gasteiger partial charge < -0.3 is 10.6 Å². The zero-order valence-corrected chi connectivity index (χ0v) is 14.7. The topological polar surface area (TPSA) is 54.0 Å². The SMILES string of the molecule is Cl.Cl.O=C(NCC1CNC1)c1cncc(-c2ccc(Cl)cc2)c1. The molecule has 0 bridgehead atoms. The highest BCUT2D eigenvalue weighted by Crippen LogP contribution is 2.21. The van der Waals surface area contributed by atoms with Crippen molar-refractivity contribution in [2.24, 2.45) is 5.92 Å². The van der Waals surface area contributed by atoms with Crippen LogP contribution >= 0.6 is 36.4 Å². The maximum atomic E-state index is 12.1. The quantitative estimate of drug-likeness (QED) is 0.864. The highest BCUT2D eigenvalue weighted by Gasteiger charge is 2.17. The predicted molar refractivity (Wildman–Crippen MR) is 97.9 cm³/mol.